The van der Waals surface area contributed by atoms with E-state index in [1.807, 2.05) is 37.3 Å². The zero-order chi connectivity index (χ0) is 16.2. The Morgan fingerprint density at radius 1 is 1.13 bits per heavy atom. The summed E-state index contributed by atoms with van der Waals surface area (Å²) in [5.41, 5.74) is 2.52. The van der Waals surface area contributed by atoms with Crippen LogP contribution in [0.15, 0.2) is 60.7 Å². The Hall–Kier alpha value is -2.42. The van der Waals surface area contributed by atoms with Crippen LogP contribution in [0.2, 0.25) is 0 Å². The van der Waals surface area contributed by atoms with Gasteiger partial charge in [0, 0.05) is 24.2 Å². The first-order chi connectivity index (χ1) is 11.1. The van der Waals surface area contributed by atoms with Crippen LogP contribution in [-0.2, 0) is 11.3 Å². The van der Waals surface area contributed by atoms with Gasteiger partial charge in [-0.2, -0.15) is 0 Å². The molecule has 1 saturated carbocycles. The van der Waals surface area contributed by atoms with Crippen molar-refractivity contribution >= 4 is 11.5 Å². The predicted octanol–water partition coefficient (Wildman–Crippen LogP) is 4.42. The van der Waals surface area contributed by atoms with E-state index in [0.717, 1.165) is 24.0 Å². The topological polar surface area (TPSA) is 20.3 Å². The first kappa shape index (κ1) is 15.5. The standard InChI is InChI=1S/C20H20FNO/c1-15(16-7-3-2-4-8-16)13-20(23)22(18-11-12-18)14-17-9-5-6-10-19(17)21/h2-10,13,18H,11-12,14H2,1H3/b15-13+. The largest absolute Gasteiger partial charge is 0.332 e. The molecule has 3 rings (SSSR count). The molecule has 0 aromatic heterocycles. The summed E-state index contributed by atoms with van der Waals surface area (Å²) < 4.78 is 13.9. The van der Waals surface area contributed by atoms with Gasteiger partial charge in [-0.25, -0.2) is 4.39 Å². The lowest BCUT2D eigenvalue weighted by Crippen LogP contribution is -2.31. The number of carbonyl (C=O) groups is 1. The van der Waals surface area contributed by atoms with Crippen molar-refractivity contribution in [1.82, 2.24) is 4.90 Å². The van der Waals surface area contributed by atoms with Gasteiger partial charge >= 0.3 is 0 Å². The SMILES string of the molecule is C/C(=C\C(=O)N(Cc1ccccc1F)C1CC1)c1ccccc1. The summed E-state index contributed by atoms with van der Waals surface area (Å²) in [4.78, 5) is 14.4. The van der Waals surface area contributed by atoms with Crippen molar-refractivity contribution in [2.75, 3.05) is 0 Å². The molecule has 118 valence electrons. The van der Waals surface area contributed by atoms with Gasteiger partial charge in [0.1, 0.15) is 5.82 Å². The number of carbonyl (C=O) groups excluding carboxylic acids is 1. The van der Waals surface area contributed by atoms with E-state index in [1.54, 1.807) is 29.2 Å². The maximum Gasteiger partial charge on any atom is 0.247 e. The number of hydrogen-bond donors (Lipinski definition) is 0. The van der Waals surface area contributed by atoms with Crippen molar-refractivity contribution < 1.29 is 9.18 Å². The van der Waals surface area contributed by atoms with Crippen molar-refractivity contribution in [3.8, 4) is 0 Å². The summed E-state index contributed by atoms with van der Waals surface area (Å²) in [6, 6.07) is 16.7. The number of benzene rings is 2. The lowest BCUT2D eigenvalue weighted by molar-refractivity contribution is -0.127. The van der Waals surface area contributed by atoms with Gasteiger partial charge in [0.15, 0.2) is 0 Å². The minimum Gasteiger partial charge on any atom is -0.332 e. The number of allylic oxidation sites excluding steroid dienone is 1. The zero-order valence-electron chi connectivity index (χ0n) is 13.2. The molecule has 1 amide bonds. The highest BCUT2D eigenvalue weighted by Crippen LogP contribution is 2.29. The molecule has 0 radical (unpaired) electrons. The quantitative estimate of drug-likeness (QED) is 0.749. The molecule has 0 heterocycles. The Morgan fingerprint density at radius 2 is 1.78 bits per heavy atom. The van der Waals surface area contributed by atoms with E-state index < -0.39 is 0 Å². The van der Waals surface area contributed by atoms with Crippen molar-refractivity contribution in [2.24, 2.45) is 0 Å². The lowest BCUT2D eigenvalue weighted by atomic mass is 10.1. The second kappa shape index (κ2) is 6.78. The Bertz CT molecular complexity index is 719. The van der Waals surface area contributed by atoms with E-state index in [2.05, 4.69) is 0 Å². The van der Waals surface area contributed by atoms with Gasteiger partial charge < -0.3 is 4.90 Å². The average molecular weight is 309 g/mol. The summed E-state index contributed by atoms with van der Waals surface area (Å²) in [6.45, 7) is 2.26. The molecule has 1 aliphatic rings. The molecular formula is C20H20FNO. The predicted molar refractivity (Wildman–Crippen MR) is 90.1 cm³/mol. The van der Waals surface area contributed by atoms with E-state index in [-0.39, 0.29) is 17.8 Å². The maximum absolute atomic E-state index is 13.9. The van der Waals surface area contributed by atoms with Gasteiger partial charge in [0.05, 0.1) is 0 Å². The first-order valence-electron chi connectivity index (χ1n) is 7.93. The van der Waals surface area contributed by atoms with E-state index in [4.69, 9.17) is 0 Å². The van der Waals surface area contributed by atoms with Crippen LogP contribution in [0.3, 0.4) is 0 Å². The Labute approximate surface area is 136 Å². The molecule has 0 N–H and O–H groups in total. The molecule has 2 aromatic carbocycles. The van der Waals surface area contributed by atoms with Crippen molar-refractivity contribution in [3.05, 3.63) is 77.6 Å². The molecule has 1 aliphatic carbocycles. The number of amides is 1. The highest BCUT2D eigenvalue weighted by molar-refractivity contribution is 5.95. The molecular weight excluding hydrogens is 289 g/mol. The molecule has 0 saturated heterocycles. The van der Waals surface area contributed by atoms with Crippen LogP contribution in [0.1, 0.15) is 30.9 Å². The normalized spacial score (nSPS) is 14.6. The summed E-state index contributed by atoms with van der Waals surface area (Å²) in [6.07, 6.45) is 3.66. The lowest BCUT2D eigenvalue weighted by Gasteiger charge is -2.21. The Morgan fingerprint density at radius 3 is 2.43 bits per heavy atom. The van der Waals surface area contributed by atoms with Gasteiger partial charge in [0.25, 0.3) is 0 Å². The van der Waals surface area contributed by atoms with E-state index in [0.29, 0.717) is 12.1 Å². The fourth-order valence-electron chi connectivity index (χ4n) is 2.64. The van der Waals surface area contributed by atoms with Gasteiger partial charge in [-0.3, -0.25) is 4.79 Å². The van der Waals surface area contributed by atoms with Gasteiger partial charge in [-0.1, -0.05) is 48.5 Å². The van der Waals surface area contributed by atoms with Gasteiger partial charge in [0.2, 0.25) is 5.91 Å². The fourth-order valence-corrected chi connectivity index (χ4v) is 2.64. The number of rotatable bonds is 5. The van der Waals surface area contributed by atoms with Crippen LogP contribution in [0.4, 0.5) is 4.39 Å². The fraction of sp³-hybridized carbons (Fsp3) is 0.250. The van der Waals surface area contributed by atoms with Gasteiger partial charge in [-0.15, -0.1) is 0 Å². The number of hydrogen-bond acceptors (Lipinski definition) is 1. The van der Waals surface area contributed by atoms with Crippen LogP contribution in [0, 0.1) is 5.82 Å². The molecule has 0 aliphatic heterocycles. The van der Waals surface area contributed by atoms with Crippen LogP contribution in [0.25, 0.3) is 5.57 Å². The molecule has 2 aromatic rings. The number of nitrogens with zero attached hydrogens (tertiary/aromatic N) is 1. The number of halogens is 1. The molecule has 0 unspecified atom stereocenters. The zero-order valence-corrected chi connectivity index (χ0v) is 13.2. The first-order valence-corrected chi connectivity index (χ1v) is 7.93. The smallest absolute Gasteiger partial charge is 0.247 e. The highest BCUT2D eigenvalue weighted by atomic mass is 19.1. The average Bonchev–Trinajstić information content (AvgIpc) is 3.39. The molecule has 1 fully saturated rings. The van der Waals surface area contributed by atoms with Crippen LogP contribution < -0.4 is 0 Å². The summed E-state index contributed by atoms with van der Waals surface area (Å²) >= 11 is 0. The molecule has 2 nitrogen and oxygen atoms in total. The molecule has 0 spiro atoms. The maximum atomic E-state index is 13.9. The van der Waals surface area contributed by atoms with Crippen molar-refractivity contribution in [1.29, 1.82) is 0 Å². The second-order valence-electron chi connectivity index (χ2n) is 5.98. The van der Waals surface area contributed by atoms with E-state index >= 15 is 0 Å². The van der Waals surface area contributed by atoms with Crippen molar-refractivity contribution in [2.45, 2.75) is 32.4 Å². The molecule has 23 heavy (non-hydrogen) atoms. The molecule has 3 heteroatoms. The third kappa shape index (κ3) is 3.86. The summed E-state index contributed by atoms with van der Waals surface area (Å²) in [7, 11) is 0. The minimum atomic E-state index is -0.255. The van der Waals surface area contributed by atoms with Crippen LogP contribution >= 0.6 is 0 Å². The second-order valence-corrected chi connectivity index (χ2v) is 5.98. The van der Waals surface area contributed by atoms with Crippen LogP contribution in [0.5, 0.6) is 0 Å². The van der Waals surface area contributed by atoms with Crippen LogP contribution in [-0.4, -0.2) is 16.8 Å². The van der Waals surface area contributed by atoms with Crippen molar-refractivity contribution in [3.63, 3.8) is 0 Å². The molecule has 0 atom stereocenters. The van der Waals surface area contributed by atoms with E-state index in [9.17, 15) is 9.18 Å². The minimum absolute atomic E-state index is 0.0443. The third-order valence-corrected chi connectivity index (χ3v) is 4.14. The summed E-state index contributed by atoms with van der Waals surface area (Å²) in [5.74, 6) is -0.299. The third-order valence-electron chi connectivity index (χ3n) is 4.14. The van der Waals surface area contributed by atoms with E-state index in [1.165, 1.54) is 6.07 Å². The summed E-state index contributed by atoms with van der Waals surface area (Å²) in [5, 5.41) is 0. The molecule has 0 bridgehead atoms. The van der Waals surface area contributed by atoms with Gasteiger partial charge in [-0.05, 0) is 37.0 Å². The monoisotopic (exact) mass is 309 g/mol. The Kier molecular flexibility index (Phi) is 4.56. The Balaban J connectivity index is 1.79. The highest BCUT2D eigenvalue weighted by Gasteiger charge is 2.32.